The van der Waals surface area contributed by atoms with Crippen molar-refractivity contribution in [3.05, 3.63) is 54.1 Å². The van der Waals surface area contributed by atoms with E-state index in [0.29, 0.717) is 29.4 Å². The monoisotopic (exact) mass is 447 g/mol. The average Bonchev–Trinajstić information content (AvgIpc) is 3.44. The minimum atomic E-state index is -0.439. The molecule has 1 fully saturated rings. The van der Waals surface area contributed by atoms with Gasteiger partial charge in [0.1, 0.15) is 0 Å². The van der Waals surface area contributed by atoms with E-state index in [-0.39, 0.29) is 24.8 Å². The topological polar surface area (TPSA) is 110 Å². The van der Waals surface area contributed by atoms with Gasteiger partial charge < -0.3 is 15.2 Å². The summed E-state index contributed by atoms with van der Waals surface area (Å²) in [6, 6.07) is 14.4. The van der Waals surface area contributed by atoms with Gasteiger partial charge in [-0.15, -0.1) is 0 Å². The third-order valence-corrected chi connectivity index (χ3v) is 6.27. The Hall–Kier alpha value is -3.68. The van der Waals surface area contributed by atoms with E-state index in [1.165, 1.54) is 12.8 Å². The van der Waals surface area contributed by atoms with Gasteiger partial charge in [-0.25, -0.2) is 4.98 Å². The Morgan fingerprint density at radius 1 is 1.12 bits per heavy atom. The molecule has 2 aromatic carbocycles. The van der Waals surface area contributed by atoms with Crippen molar-refractivity contribution in [1.29, 1.82) is 0 Å². The van der Waals surface area contributed by atoms with Crippen molar-refractivity contribution in [3.8, 4) is 0 Å². The second-order valence-electron chi connectivity index (χ2n) is 8.60. The van der Waals surface area contributed by atoms with Gasteiger partial charge in [-0.05, 0) is 49.1 Å². The number of nitrogens with zero attached hydrogens (tertiary/aromatic N) is 3. The molecule has 3 amide bonds. The number of carbonyl (C=O) groups excluding carboxylic acids is 3. The number of rotatable bonds is 8. The predicted molar refractivity (Wildman–Crippen MR) is 128 cm³/mol. The van der Waals surface area contributed by atoms with Crippen LogP contribution in [0.25, 0.3) is 11.0 Å². The van der Waals surface area contributed by atoms with Crippen molar-refractivity contribution in [1.82, 2.24) is 9.55 Å². The Morgan fingerprint density at radius 3 is 2.55 bits per heavy atom. The number of aryl methyl sites for hydroxylation is 1. The largest absolute Gasteiger partial charge is 0.370 e. The molecule has 3 N–H and O–H groups in total. The van der Waals surface area contributed by atoms with Gasteiger partial charge in [0.25, 0.3) is 5.91 Å². The number of nitrogens with two attached hydrogens (primary N) is 1. The molecule has 0 saturated heterocycles. The summed E-state index contributed by atoms with van der Waals surface area (Å²) in [5.74, 6) is 0.155. The fraction of sp³-hybridized carbons (Fsp3) is 0.360. The van der Waals surface area contributed by atoms with Crippen LogP contribution in [0.4, 0.5) is 11.6 Å². The first kappa shape index (κ1) is 22.5. The number of fused-ring (bicyclic) bond motifs is 1. The van der Waals surface area contributed by atoms with Crippen LogP contribution in [0.3, 0.4) is 0 Å². The SMILES string of the molecule is CN(C(=O)CC1CCCC1)c1ccc2c(c1)nc(NC(=O)c1ccccc1)n2CCC(N)=O. The van der Waals surface area contributed by atoms with Gasteiger partial charge in [-0.2, -0.15) is 0 Å². The summed E-state index contributed by atoms with van der Waals surface area (Å²) < 4.78 is 1.77. The number of imidazole rings is 1. The Balaban J connectivity index is 1.61. The van der Waals surface area contributed by atoms with Crippen LogP contribution in [0.15, 0.2) is 48.5 Å². The zero-order chi connectivity index (χ0) is 23.4. The number of hydrogen-bond acceptors (Lipinski definition) is 4. The molecule has 1 aliphatic rings. The van der Waals surface area contributed by atoms with Gasteiger partial charge in [0.05, 0.1) is 11.0 Å². The zero-order valence-corrected chi connectivity index (χ0v) is 18.8. The van der Waals surface area contributed by atoms with Crippen LogP contribution in [-0.4, -0.2) is 34.3 Å². The van der Waals surface area contributed by atoms with E-state index in [2.05, 4.69) is 10.3 Å². The number of amides is 3. The third kappa shape index (κ3) is 5.22. The van der Waals surface area contributed by atoms with Crippen molar-refractivity contribution in [2.24, 2.45) is 11.7 Å². The van der Waals surface area contributed by atoms with E-state index in [9.17, 15) is 14.4 Å². The maximum atomic E-state index is 12.8. The second kappa shape index (κ2) is 9.85. The Kier molecular flexibility index (Phi) is 6.72. The first-order chi connectivity index (χ1) is 15.9. The summed E-state index contributed by atoms with van der Waals surface area (Å²) >= 11 is 0. The maximum Gasteiger partial charge on any atom is 0.257 e. The molecule has 0 aliphatic heterocycles. The maximum absolute atomic E-state index is 12.8. The minimum absolute atomic E-state index is 0.0898. The molecule has 0 bridgehead atoms. The van der Waals surface area contributed by atoms with Gasteiger partial charge in [0, 0.05) is 37.7 Å². The van der Waals surface area contributed by atoms with E-state index in [1.807, 2.05) is 24.3 Å². The van der Waals surface area contributed by atoms with Crippen molar-refractivity contribution >= 4 is 40.4 Å². The fourth-order valence-corrected chi connectivity index (χ4v) is 4.38. The van der Waals surface area contributed by atoms with Gasteiger partial charge in [0.2, 0.25) is 17.8 Å². The molecular weight excluding hydrogens is 418 g/mol. The Labute approximate surface area is 192 Å². The lowest BCUT2D eigenvalue weighted by atomic mass is 10.0. The molecule has 1 heterocycles. The number of benzene rings is 2. The molecule has 0 atom stereocenters. The van der Waals surface area contributed by atoms with Crippen LogP contribution in [0.2, 0.25) is 0 Å². The molecule has 4 rings (SSSR count). The molecule has 33 heavy (non-hydrogen) atoms. The van der Waals surface area contributed by atoms with Crippen LogP contribution in [0.5, 0.6) is 0 Å². The van der Waals surface area contributed by atoms with Gasteiger partial charge in [-0.1, -0.05) is 31.0 Å². The lowest BCUT2D eigenvalue weighted by Gasteiger charge is -2.19. The highest BCUT2D eigenvalue weighted by Crippen LogP contribution is 2.30. The first-order valence-corrected chi connectivity index (χ1v) is 11.3. The molecule has 8 nitrogen and oxygen atoms in total. The number of nitrogens with one attached hydrogen (secondary N) is 1. The van der Waals surface area contributed by atoms with Crippen LogP contribution in [0.1, 0.15) is 48.9 Å². The summed E-state index contributed by atoms with van der Waals surface area (Å²) in [6.45, 7) is 0.284. The summed E-state index contributed by atoms with van der Waals surface area (Å²) in [5.41, 5.74) is 7.98. The summed E-state index contributed by atoms with van der Waals surface area (Å²) in [6.07, 6.45) is 5.31. The number of aromatic nitrogens is 2. The highest BCUT2D eigenvalue weighted by atomic mass is 16.2. The molecule has 0 radical (unpaired) electrons. The molecule has 3 aromatic rings. The van der Waals surface area contributed by atoms with Crippen molar-refractivity contribution < 1.29 is 14.4 Å². The minimum Gasteiger partial charge on any atom is -0.370 e. The average molecular weight is 448 g/mol. The second-order valence-corrected chi connectivity index (χ2v) is 8.60. The molecular formula is C25H29N5O3. The molecule has 0 spiro atoms. The van der Waals surface area contributed by atoms with Gasteiger partial charge in [0.15, 0.2) is 0 Å². The van der Waals surface area contributed by atoms with Crippen molar-refractivity contribution in [2.45, 2.75) is 45.1 Å². The molecule has 172 valence electrons. The highest BCUT2D eigenvalue weighted by Gasteiger charge is 2.22. The van der Waals surface area contributed by atoms with Crippen molar-refractivity contribution in [2.75, 3.05) is 17.3 Å². The first-order valence-electron chi connectivity index (χ1n) is 11.3. The molecule has 1 saturated carbocycles. The summed E-state index contributed by atoms with van der Waals surface area (Å²) in [7, 11) is 1.78. The fourth-order valence-electron chi connectivity index (χ4n) is 4.38. The lowest BCUT2D eigenvalue weighted by molar-refractivity contribution is -0.119. The smallest absolute Gasteiger partial charge is 0.257 e. The number of carbonyl (C=O) groups is 3. The zero-order valence-electron chi connectivity index (χ0n) is 18.8. The number of anilines is 2. The van der Waals surface area contributed by atoms with E-state index < -0.39 is 5.91 Å². The Morgan fingerprint density at radius 2 is 1.85 bits per heavy atom. The third-order valence-electron chi connectivity index (χ3n) is 6.27. The van der Waals surface area contributed by atoms with Crippen LogP contribution >= 0.6 is 0 Å². The van der Waals surface area contributed by atoms with E-state index in [4.69, 9.17) is 5.73 Å². The Bertz CT molecular complexity index is 1170. The predicted octanol–water partition coefficient (Wildman–Crippen LogP) is 3.71. The van der Waals surface area contributed by atoms with Gasteiger partial charge in [-0.3, -0.25) is 19.7 Å². The molecule has 1 aliphatic carbocycles. The van der Waals surface area contributed by atoms with E-state index in [1.54, 1.807) is 40.8 Å². The normalized spacial score (nSPS) is 13.8. The number of hydrogen-bond donors (Lipinski definition) is 2. The summed E-state index contributed by atoms with van der Waals surface area (Å²) in [5, 5.41) is 2.84. The number of primary amides is 1. The van der Waals surface area contributed by atoms with Crippen LogP contribution < -0.4 is 16.0 Å². The van der Waals surface area contributed by atoms with Crippen molar-refractivity contribution in [3.63, 3.8) is 0 Å². The van der Waals surface area contributed by atoms with Crippen LogP contribution in [-0.2, 0) is 16.1 Å². The van der Waals surface area contributed by atoms with E-state index >= 15 is 0 Å². The standard InChI is InChI=1S/C25H29N5O3/c1-29(23(32)15-17-7-5-6-8-17)19-11-12-21-20(16-19)27-25(30(21)14-13-22(26)31)28-24(33)18-9-3-2-4-10-18/h2-4,9-12,16-17H,5-8,13-15H2,1H3,(H2,26,31)(H,27,28,33). The quantitative estimate of drug-likeness (QED) is 0.548. The highest BCUT2D eigenvalue weighted by molar-refractivity contribution is 6.04. The molecule has 0 unspecified atom stereocenters. The summed E-state index contributed by atoms with van der Waals surface area (Å²) in [4.78, 5) is 43.2. The lowest BCUT2D eigenvalue weighted by Crippen LogP contribution is -2.27. The van der Waals surface area contributed by atoms with Gasteiger partial charge >= 0.3 is 0 Å². The van der Waals surface area contributed by atoms with E-state index in [0.717, 1.165) is 24.0 Å². The van der Waals surface area contributed by atoms with Crippen LogP contribution in [0, 0.1) is 5.92 Å². The molecule has 8 heteroatoms. The molecule has 1 aromatic heterocycles.